The summed E-state index contributed by atoms with van der Waals surface area (Å²) in [5.74, 6) is 0.191. The third-order valence-electron chi connectivity index (χ3n) is 1.46. The van der Waals surface area contributed by atoms with Crippen molar-refractivity contribution >= 4 is 5.96 Å². The second kappa shape index (κ2) is 4.96. The molecular formula is C5H13N4Na. The van der Waals surface area contributed by atoms with Gasteiger partial charge in [-0.2, -0.15) is 0 Å². The zero-order valence-electron chi connectivity index (χ0n) is 7.35. The topological polar surface area (TPSA) is 65.1 Å². The van der Waals surface area contributed by atoms with E-state index in [0.29, 0.717) is 0 Å². The van der Waals surface area contributed by atoms with Crippen LogP contribution in [0.2, 0.25) is 0 Å². The number of hydrogen-bond donors (Lipinski definition) is 3. The molecule has 1 saturated heterocycles. The van der Waals surface area contributed by atoms with E-state index in [0.717, 1.165) is 26.2 Å². The molecule has 1 fully saturated rings. The van der Waals surface area contributed by atoms with Gasteiger partial charge in [0.15, 0.2) is 5.96 Å². The molecular weight excluding hydrogens is 139 g/mol. The quantitative estimate of drug-likeness (QED) is 0.188. The molecule has 0 atom stereocenters. The van der Waals surface area contributed by atoms with E-state index in [2.05, 4.69) is 5.32 Å². The van der Waals surface area contributed by atoms with E-state index in [4.69, 9.17) is 11.1 Å². The monoisotopic (exact) mass is 152 g/mol. The fourth-order valence-electron chi connectivity index (χ4n) is 0.906. The summed E-state index contributed by atoms with van der Waals surface area (Å²) in [6, 6.07) is 0. The van der Waals surface area contributed by atoms with Gasteiger partial charge in [-0.1, -0.05) is 0 Å². The van der Waals surface area contributed by atoms with Gasteiger partial charge in [-0.05, 0) is 0 Å². The van der Waals surface area contributed by atoms with Gasteiger partial charge in [0.2, 0.25) is 0 Å². The molecule has 4 nitrogen and oxygen atoms in total. The van der Waals surface area contributed by atoms with Gasteiger partial charge in [0.25, 0.3) is 0 Å². The van der Waals surface area contributed by atoms with Gasteiger partial charge >= 0.3 is 29.6 Å². The van der Waals surface area contributed by atoms with Crippen LogP contribution in [0, 0.1) is 5.41 Å². The molecule has 0 spiro atoms. The van der Waals surface area contributed by atoms with Crippen molar-refractivity contribution in [3.8, 4) is 0 Å². The van der Waals surface area contributed by atoms with Crippen molar-refractivity contribution in [3.05, 3.63) is 0 Å². The Labute approximate surface area is 84.4 Å². The van der Waals surface area contributed by atoms with Crippen molar-refractivity contribution in [1.82, 2.24) is 10.2 Å². The predicted molar refractivity (Wildman–Crippen MR) is 37.5 cm³/mol. The first kappa shape index (κ1) is 10.2. The molecule has 0 aromatic heterocycles. The molecule has 0 aromatic carbocycles. The fourth-order valence-corrected chi connectivity index (χ4v) is 0.906. The molecule has 5 heteroatoms. The third kappa shape index (κ3) is 2.88. The summed E-state index contributed by atoms with van der Waals surface area (Å²) in [5, 5.41) is 10.2. The SMILES string of the molecule is N=C(N)N1CCNCC1.[H-].[Na+]. The Morgan fingerprint density at radius 2 is 2.00 bits per heavy atom. The van der Waals surface area contributed by atoms with Crippen molar-refractivity contribution in [3.63, 3.8) is 0 Å². The summed E-state index contributed by atoms with van der Waals surface area (Å²) in [6.07, 6.45) is 0. The molecule has 0 aromatic rings. The Bertz CT molecular complexity index is 115. The van der Waals surface area contributed by atoms with Crippen LogP contribution in [-0.2, 0) is 0 Å². The van der Waals surface area contributed by atoms with Crippen LogP contribution in [0.25, 0.3) is 0 Å². The van der Waals surface area contributed by atoms with Crippen LogP contribution in [0.4, 0.5) is 0 Å². The summed E-state index contributed by atoms with van der Waals surface area (Å²) in [4.78, 5) is 1.86. The number of rotatable bonds is 0. The molecule has 1 rings (SSSR count). The minimum Gasteiger partial charge on any atom is -1.00 e. The van der Waals surface area contributed by atoms with Crippen molar-refractivity contribution in [2.24, 2.45) is 5.73 Å². The zero-order chi connectivity index (χ0) is 6.69. The van der Waals surface area contributed by atoms with E-state index >= 15 is 0 Å². The van der Waals surface area contributed by atoms with Gasteiger partial charge in [-0.3, -0.25) is 5.41 Å². The average molecular weight is 152 g/mol. The van der Waals surface area contributed by atoms with E-state index in [1.807, 2.05) is 4.90 Å². The van der Waals surface area contributed by atoms with Gasteiger partial charge in [0.05, 0.1) is 0 Å². The molecule has 0 saturated carbocycles. The van der Waals surface area contributed by atoms with Gasteiger partial charge < -0.3 is 17.4 Å². The Kier molecular flexibility index (Phi) is 5.07. The van der Waals surface area contributed by atoms with Crippen LogP contribution >= 0.6 is 0 Å². The van der Waals surface area contributed by atoms with E-state index in [-0.39, 0.29) is 36.9 Å². The molecule has 0 amide bonds. The van der Waals surface area contributed by atoms with Crippen LogP contribution in [0.3, 0.4) is 0 Å². The maximum atomic E-state index is 7.06. The largest absolute Gasteiger partial charge is 1.00 e. The maximum absolute atomic E-state index is 7.06. The zero-order valence-corrected chi connectivity index (χ0v) is 8.35. The first-order valence-corrected chi connectivity index (χ1v) is 3.10. The number of guanidine groups is 1. The summed E-state index contributed by atoms with van der Waals surface area (Å²) in [5.41, 5.74) is 5.25. The molecule has 4 N–H and O–H groups in total. The predicted octanol–water partition coefficient (Wildman–Crippen LogP) is -4.10. The molecule has 1 heterocycles. The number of nitrogens with one attached hydrogen (secondary N) is 2. The van der Waals surface area contributed by atoms with Crippen LogP contribution in [0.1, 0.15) is 1.43 Å². The second-order valence-corrected chi connectivity index (χ2v) is 2.12. The van der Waals surface area contributed by atoms with Crippen LogP contribution in [0.15, 0.2) is 0 Å². The maximum Gasteiger partial charge on any atom is 1.00 e. The van der Waals surface area contributed by atoms with E-state index in [1.54, 1.807) is 0 Å². The van der Waals surface area contributed by atoms with Crippen molar-refractivity contribution in [2.75, 3.05) is 26.2 Å². The second-order valence-electron chi connectivity index (χ2n) is 2.12. The van der Waals surface area contributed by atoms with Crippen LogP contribution in [0.5, 0.6) is 0 Å². The molecule has 0 radical (unpaired) electrons. The van der Waals surface area contributed by atoms with Gasteiger partial charge in [0, 0.05) is 26.2 Å². The Hall–Kier alpha value is 0.230. The molecule has 0 bridgehead atoms. The minimum absolute atomic E-state index is 0. The van der Waals surface area contributed by atoms with Crippen LogP contribution < -0.4 is 40.6 Å². The molecule has 0 unspecified atom stereocenters. The average Bonchev–Trinajstić information content (AvgIpc) is 1.90. The van der Waals surface area contributed by atoms with Crippen molar-refractivity contribution in [1.29, 1.82) is 5.41 Å². The van der Waals surface area contributed by atoms with Crippen LogP contribution in [-0.4, -0.2) is 37.0 Å². The number of hydrogen-bond acceptors (Lipinski definition) is 2. The Morgan fingerprint density at radius 3 is 2.30 bits per heavy atom. The molecule has 54 valence electrons. The first-order valence-electron chi connectivity index (χ1n) is 3.10. The molecule has 0 aliphatic carbocycles. The smallest absolute Gasteiger partial charge is 1.00 e. The summed E-state index contributed by atoms with van der Waals surface area (Å²) < 4.78 is 0. The Balaban J connectivity index is 0. The summed E-state index contributed by atoms with van der Waals surface area (Å²) >= 11 is 0. The van der Waals surface area contributed by atoms with E-state index in [1.165, 1.54) is 0 Å². The van der Waals surface area contributed by atoms with E-state index < -0.39 is 0 Å². The molecule has 10 heavy (non-hydrogen) atoms. The Morgan fingerprint density at radius 1 is 1.50 bits per heavy atom. The van der Waals surface area contributed by atoms with E-state index in [9.17, 15) is 0 Å². The van der Waals surface area contributed by atoms with Crippen molar-refractivity contribution in [2.45, 2.75) is 0 Å². The first-order chi connectivity index (χ1) is 4.30. The number of piperazine rings is 1. The standard InChI is InChI=1S/C5H12N4.Na.H/c6-5(7)9-3-1-8-2-4-9;;/h8H,1-4H2,(H3,6,7);;/q;+1;-1. The van der Waals surface area contributed by atoms with Gasteiger partial charge in [-0.15, -0.1) is 0 Å². The number of nitrogens with two attached hydrogens (primary N) is 1. The molecule has 1 aliphatic heterocycles. The minimum atomic E-state index is 0. The molecule has 1 aliphatic rings. The number of nitrogens with zero attached hydrogens (tertiary/aromatic N) is 1. The third-order valence-corrected chi connectivity index (χ3v) is 1.46. The summed E-state index contributed by atoms with van der Waals surface area (Å²) in [7, 11) is 0. The van der Waals surface area contributed by atoms with Crippen molar-refractivity contribution < 1.29 is 31.0 Å². The van der Waals surface area contributed by atoms with Gasteiger partial charge in [0.1, 0.15) is 0 Å². The summed E-state index contributed by atoms with van der Waals surface area (Å²) in [6.45, 7) is 3.63. The fraction of sp³-hybridized carbons (Fsp3) is 0.800. The normalized spacial score (nSPS) is 17.8. The van der Waals surface area contributed by atoms with Gasteiger partial charge in [-0.25, -0.2) is 0 Å².